The van der Waals surface area contributed by atoms with Crippen molar-refractivity contribution in [2.45, 2.75) is 31.3 Å². The third-order valence-corrected chi connectivity index (χ3v) is 4.49. The average molecular weight is 331 g/mol. The number of nitrogens with one attached hydrogen (secondary N) is 1. The SMILES string of the molecule is O=C(Cc1cc(F)ccc1F)NCC1(O)CCCc2ccccc21. The van der Waals surface area contributed by atoms with Crippen molar-refractivity contribution in [1.29, 1.82) is 0 Å². The van der Waals surface area contributed by atoms with Crippen LogP contribution in [0.4, 0.5) is 8.78 Å². The number of hydrogen-bond acceptors (Lipinski definition) is 2. The molecule has 1 atom stereocenters. The van der Waals surface area contributed by atoms with Gasteiger partial charge >= 0.3 is 0 Å². The Morgan fingerprint density at radius 2 is 2.00 bits per heavy atom. The van der Waals surface area contributed by atoms with Gasteiger partial charge in [0.1, 0.15) is 17.2 Å². The Bertz CT molecular complexity index is 763. The summed E-state index contributed by atoms with van der Waals surface area (Å²) in [6.07, 6.45) is 2.03. The molecule has 1 unspecified atom stereocenters. The van der Waals surface area contributed by atoms with Gasteiger partial charge in [0.25, 0.3) is 0 Å². The molecule has 1 amide bonds. The largest absolute Gasteiger partial charge is 0.383 e. The number of halogens is 2. The van der Waals surface area contributed by atoms with Gasteiger partial charge in [-0.3, -0.25) is 4.79 Å². The van der Waals surface area contributed by atoms with Crippen molar-refractivity contribution in [1.82, 2.24) is 5.32 Å². The topological polar surface area (TPSA) is 49.3 Å². The third kappa shape index (κ3) is 3.46. The molecule has 0 saturated carbocycles. The van der Waals surface area contributed by atoms with E-state index in [4.69, 9.17) is 0 Å². The second-order valence-corrected chi connectivity index (χ2v) is 6.23. The van der Waals surface area contributed by atoms with Crippen molar-refractivity contribution < 1.29 is 18.7 Å². The Hall–Kier alpha value is -2.27. The van der Waals surface area contributed by atoms with Gasteiger partial charge in [0, 0.05) is 5.56 Å². The minimum Gasteiger partial charge on any atom is -0.383 e. The second kappa shape index (κ2) is 6.69. The first-order valence-corrected chi connectivity index (χ1v) is 7.99. The van der Waals surface area contributed by atoms with Crippen LogP contribution in [0.1, 0.15) is 29.5 Å². The molecule has 0 spiro atoms. The fourth-order valence-electron chi connectivity index (χ4n) is 3.24. The molecule has 2 aromatic rings. The lowest BCUT2D eigenvalue weighted by atomic mass is 9.79. The summed E-state index contributed by atoms with van der Waals surface area (Å²) < 4.78 is 26.8. The summed E-state index contributed by atoms with van der Waals surface area (Å²) in [5.41, 5.74) is 0.791. The molecule has 1 aliphatic carbocycles. The molecule has 0 heterocycles. The molecule has 2 aromatic carbocycles. The van der Waals surface area contributed by atoms with Crippen molar-refractivity contribution >= 4 is 5.91 Å². The monoisotopic (exact) mass is 331 g/mol. The average Bonchev–Trinajstić information content (AvgIpc) is 2.57. The normalized spacial score (nSPS) is 19.6. The molecule has 0 bridgehead atoms. The van der Waals surface area contributed by atoms with Gasteiger partial charge in [0.05, 0.1) is 13.0 Å². The highest BCUT2D eigenvalue weighted by molar-refractivity contribution is 5.78. The van der Waals surface area contributed by atoms with Crippen LogP contribution in [0.25, 0.3) is 0 Å². The Morgan fingerprint density at radius 3 is 2.83 bits per heavy atom. The van der Waals surface area contributed by atoms with Crippen molar-refractivity contribution in [2.75, 3.05) is 6.54 Å². The van der Waals surface area contributed by atoms with E-state index < -0.39 is 23.1 Å². The number of carbonyl (C=O) groups excluding carboxylic acids is 1. The van der Waals surface area contributed by atoms with Crippen LogP contribution in [0.15, 0.2) is 42.5 Å². The Morgan fingerprint density at radius 1 is 1.21 bits per heavy atom. The lowest BCUT2D eigenvalue weighted by Gasteiger charge is -2.34. The molecule has 0 fully saturated rings. The standard InChI is InChI=1S/C19H19F2NO2/c20-15-7-8-17(21)14(10-15)11-18(23)22-12-19(24)9-3-5-13-4-1-2-6-16(13)19/h1-2,4,6-8,10,24H,3,5,9,11-12H2,(H,22,23). The fourth-order valence-corrected chi connectivity index (χ4v) is 3.24. The number of aliphatic hydroxyl groups is 1. The third-order valence-electron chi connectivity index (χ3n) is 4.49. The van der Waals surface area contributed by atoms with Crippen molar-refractivity contribution in [2.24, 2.45) is 0 Å². The van der Waals surface area contributed by atoms with E-state index in [1.165, 1.54) is 0 Å². The van der Waals surface area contributed by atoms with Gasteiger partial charge in [-0.05, 0) is 48.6 Å². The van der Waals surface area contributed by atoms with Gasteiger partial charge in [-0.15, -0.1) is 0 Å². The summed E-state index contributed by atoms with van der Waals surface area (Å²) in [7, 11) is 0. The molecule has 24 heavy (non-hydrogen) atoms. The van der Waals surface area contributed by atoms with Crippen LogP contribution in [-0.4, -0.2) is 17.6 Å². The van der Waals surface area contributed by atoms with Gasteiger partial charge in [-0.25, -0.2) is 8.78 Å². The number of amides is 1. The zero-order valence-corrected chi connectivity index (χ0v) is 13.2. The molecular weight excluding hydrogens is 312 g/mol. The number of hydrogen-bond donors (Lipinski definition) is 2. The Labute approximate surface area is 139 Å². The van der Waals surface area contributed by atoms with Gasteiger partial charge < -0.3 is 10.4 Å². The summed E-state index contributed by atoms with van der Waals surface area (Å²) in [6, 6.07) is 10.7. The number of aryl methyl sites for hydroxylation is 1. The zero-order valence-electron chi connectivity index (χ0n) is 13.2. The molecule has 5 heteroatoms. The summed E-state index contributed by atoms with van der Waals surface area (Å²) in [5.74, 6) is -1.65. The van der Waals surface area contributed by atoms with E-state index in [-0.39, 0.29) is 18.5 Å². The van der Waals surface area contributed by atoms with Crippen LogP contribution in [0.2, 0.25) is 0 Å². The molecule has 0 aliphatic heterocycles. The smallest absolute Gasteiger partial charge is 0.224 e. The van der Waals surface area contributed by atoms with E-state index >= 15 is 0 Å². The summed E-state index contributed by atoms with van der Waals surface area (Å²) >= 11 is 0. The number of benzene rings is 2. The molecule has 0 saturated heterocycles. The summed E-state index contributed by atoms with van der Waals surface area (Å²) in [6.45, 7) is 0.0553. The lowest BCUT2D eigenvalue weighted by Crippen LogP contribution is -2.43. The maximum absolute atomic E-state index is 13.6. The van der Waals surface area contributed by atoms with Crippen LogP contribution >= 0.6 is 0 Å². The summed E-state index contributed by atoms with van der Waals surface area (Å²) in [5, 5.41) is 13.5. The van der Waals surface area contributed by atoms with Gasteiger partial charge in [0.15, 0.2) is 0 Å². The fraction of sp³-hybridized carbons (Fsp3) is 0.316. The maximum atomic E-state index is 13.6. The molecular formula is C19H19F2NO2. The molecule has 2 N–H and O–H groups in total. The van der Waals surface area contributed by atoms with Gasteiger partial charge in [-0.2, -0.15) is 0 Å². The Balaban J connectivity index is 1.67. The van der Waals surface area contributed by atoms with Crippen molar-refractivity contribution in [3.63, 3.8) is 0 Å². The van der Waals surface area contributed by atoms with E-state index in [0.717, 1.165) is 42.2 Å². The number of carbonyl (C=O) groups is 1. The first kappa shape index (κ1) is 16.6. The van der Waals surface area contributed by atoms with Gasteiger partial charge in [0.2, 0.25) is 5.91 Å². The van der Waals surface area contributed by atoms with E-state index in [1.807, 2.05) is 24.3 Å². The van der Waals surface area contributed by atoms with E-state index in [1.54, 1.807) is 0 Å². The van der Waals surface area contributed by atoms with E-state index in [0.29, 0.717) is 6.42 Å². The molecule has 0 aromatic heterocycles. The number of rotatable bonds is 4. The van der Waals surface area contributed by atoms with Crippen LogP contribution < -0.4 is 5.32 Å². The predicted molar refractivity (Wildman–Crippen MR) is 86.3 cm³/mol. The second-order valence-electron chi connectivity index (χ2n) is 6.23. The minimum absolute atomic E-state index is 0.00327. The molecule has 3 rings (SSSR count). The summed E-state index contributed by atoms with van der Waals surface area (Å²) in [4.78, 5) is 12.1. The highest BCUT2D eigenvalue weighted by atomic mass is 19.1. The molecule has 1 aliphatic rings. The van der Waals surface area contributed by atoms with Crippen LogP contribution in [0.3, 0.4) is 0 Å². The first-order chi connectivity index (χ1) is 11.5. The van der Waals surface area contributed by atoms with Crippen molar-refractivity contribution in [3.8, 4) is 0 Å². The van der Waals surface area contributed by atoms with Crippen LogP contribution in [-0.2, 0) is 23.2 Å². The maximum Gasteiger partial charge on any atom is 0.224 e. The zero-order chi connectivity index (χ0) is 17.2. The highest BCUT2D eigenvalue weighted by Gasteiger charge is 2.34. The minimum atomic E-state index is -1.12. The van der Waals surface area contributed by atoms with Gasteiger partial charge in [-0.1, -0.05) is 24.3 Å². The first-order valence-electron chi connectivity index (χ1n) is 7.99. The molecule has 3 nitrogen and oxygen atoms in total. The van der Waals surface area contributed by atoms with Crippen LogP contribution in [0, 0.1) is 11.6 Å². The predicted octanol–water partition coefficient (Wildman–Crippen LogP) is 2.85. The van der Waals surface area contributed by atoms with Crippen molar-refractivity contribution in [3.05, 3.63) is 70.8 Å². The lowest BCUT2D eigenvalue weighted by molar-refractivity contribution is -0.122. The van der Waals surface area contributed by atoms with E-state index in [2.05, 4.69) is 5.32 Å². The number of fused-ring (bicyclic) bond motifs is 1. The Kier molecular flexibility index (Phi) is 4.62. The molecule has 126 valence electrons. The van der Waals surface area contributed by atoms with Crippen LogP contribution in [0.5, 0.6) is 0 Å². The van der Waals surface area contributed by atoms with E-state index in [9.17, 15) is 18.7 Å². The quantitative estimate of drug-likeness (QED) is 0.905. The molecule has 0 radical (unpaired) electrons. The highest BCUT2D eigenvalue weighted by Crippen LogP contribution is 2.34.